The lowest BCUT2D eigenvalue weighted by Gasteiger charge is -2.09. The number of nitrogens with zero attached hydrogens (tertiary/aromatic N) is 2. The molecule has 0 N–H and O–H groups in total. The average molecular weight is 270 g/mol. The predicted octanol–water partition coefficient (Wildman–Crippen LogP) is 3.06. The Kier molecular flexibility index (Phi) is 5.04. The molecule has 0 aromatic carbocycles. The first-order valence-electron chi connectivity index (χ1n) is 6.47. The van der Waals surface area contributed by atoms with E-state index in [0.29, 0.717) is 17.1 Å². The molecule has 0 radical (unpaired) electrons. The van der Waals surface area contributed by atoms with Gasteiger partial charge in [0, 0.05) is 5.25 Å². The van der Waals surface area contributed by atoms with E-state index >= 15 is 0 Å². The second-order valence-corrected chi connectivity index (χ2v) is 5.58. The van der Waals surface area contributed by atoms with Crippen molar-refractivity contribution in [3.63, 3.8) is 0 Å². The monoisotopic (exact) mass is 270 g/mol. The molecule has 6 heteroatoms. The van der Waals surface area contributed by atoms with Gasteiger partial charge in [0.1, 0.15) is 0 Å². The summed E-state index contributed by atoms with van der Waals surface area (Å²) in [6.45, 7) is 2.06. The first-order valence-corrected chi connectivity index (χ1v) is 7.35. The van der Waals surface area contributed by atoms with Crippen LogP contribution in [-0.2, 0) is 4.74 Å². The van der Waals surface area contributed by atoms with Gasteiger partial charge >= 0.3 is 11.9 Å². The Bertz CT molecular complexity index is 386. The molecule has 0 atom stereocenters. The summed E-state index contributed by atoms with van der Waals surface area (Å²) in [6.07, 6.45) is 7.51. The van der Waals surface area contributed by atoms with Crippen LogP contribution in [-0.4, -0.2) is 28.0 Å². The molecule has 1 aromatic heterocycles. The summed E-state index contributed by atoms with van der Waals surface area (Å²) < 4.78 is 10.1. The fraction of sp³-hybridized carbons (Fsp3) is 0.750. The minimum Gasteiger partial charge on any atom is -0.459 e. The molecule has 1 aromatic rings. The smallest absolute Gasteiger partial charge is 0.396 e. The normalized spacial score (nSPS) is 17.4. The maximum atomic E-state index is 11.4. The molecule has 0 aliphatic heterocycles. The topological polar surface area (TPSA) is 65.2 Å². The quantitative estimate of drug-likeness (QED) is 0.619. The molecule has 0 bridgehead atoms. The molecule has 0 unspecified atom stereocenters. The first-order chi connectivity index (χ1) is 8.79. The molecule has 0 spiro atoms. The van der Waals surface area contributed by atoms with Crippen LogP contribution in [0.4, 0.5) is 0 Å². The summed E-state index contributed by atoms with van der Waals surface area (Å²) in [7, 11) is 0. The van der Waals surface area contributed by atoms with Gasteiger partial charge in [-0.15, -0.1) is 5.10 Å². The second kappa shape index (κ2) is 6.78. The van der Waals surface area contributed by atoms with E-state index in [0.717, 1.165) is 0 Å². The standard InChI is InChI=1S/C12H18N2O3S/c1-2-16-11(15)10-13-14-12(17-10)18-9-7-5-3-4-6-8-9/h9H,2-8H2,1H3. The summed E-state index contributed by atoms with van der Waals surface area (Å²) in [5.41, 5.74) is 0. The van der Waals surface area contributed by atoms with Crippen LogP contribution < -0.4 is 0 Å². The third-order valence-electron chi connectivity index (χ3n) is 2.93. The summed E-state index contributed by atoms with van der Waals surface area (Å²) in [4.78, 5) is 11.4. The number of esters is 1. The third-order valence-corrected chi connectivity index (χ3v) is 4.10. The number of ether oxygens (including phenoxy) is 1. The van der Waals surface area contributed by atoms with Gasteiger partial charge in [-0.25, -0.2) is 4.79 Å². The van der Waals surface area contributed by atoms with Crippen LogP contribution in [0, 0.1) is 0 Å². The van der Waals surface area contributed by atoms with Crippen molar-refractivity contribution in [1.82, 2.24) is 10.2 Å². The molecule has 2 rings (SSSR count). The summed E-state index contributed by atoms with van der Waals surface area (Å²) in [5.74, 6) is -0.592. The highest BCUT2D eigenvalue weighted by molar-refractivity contribution is 7.99. The van der Waals surface area contributed by atoms with Crippen molar-refractivity contribution in [2.24, 2.45) is 0 Å². The molecule has 1 saturated carbocycles. The molecule has 0 amide bonds. The van der Waals surface area contributed by atoms with E-state index in [1.54, 1.807) is 18.7 Å². The molecule has 1 aliphatic rings. The largest absolute Gasteiger partial charge is 0.459 e. The van der Waals surface area contributed by atoms with Crippen molar-refractivity contribution in [2.75, 3.05) is 6.61 Å². The molecule has 5 nitrogen and oxygen atoms in total. The lowest BCUT2D eigenvalue weighted by molar-refractivity contribution is 0.0475. The molecular formula is C12H18N2O3S. The number of aromatic nitrogens is 2. The highest BCUT2D eigenvalue weighted by Gasteiger charge is 2.20. The van der Waals surface area contributed by atoms with Crippen LogP contribution in [0.15, 0.2) is 9.64 Å². The van der Waals surface area contributed by atoms with Crippen LogP contribution >= 0.6 is 11.8 Å². The maximum Gasteiger partial charge on any atom is 0.396 e. The molecule has 1 fully saturated rings. The van der Waals surface area contributed by atoms with E-state index in [2.05, 4.69) is 10.2 Å². The zero-order chi connectivity index (χ0) is 12.8. The minimum atomic E-state index is -0.544. The fourth-order valence-corrected chi connectivity index (χ4v) is 3.10. The molecule has 100 valence electrons. The molecule has 18 heavy (non-hydrogen) atoms. The Labute approximate surface area is 111 Å². The lowest BCUT2D eigenvalue weighted by atomic mass is 10.2. The SMILES string of the molecule is CCOC(=O)c1nnc(SC2CCCCCC2)o1. The highest BCUT2D eigenvalue weighted by Crippen LogP contribution is 2.31. The van der Waals surface area contributed by atoms with Gasteiger partial charge in [0.25, 0.3) is 5.22 Å². The van der Waals surface area contributed by atoms with Crippen molar-refractivity contribution >= 4 is 17.7 Å². The van der Waals surface area contributed by atoms with Crippen LogP contribution in [0.25, 0.3) is 0 Å². The Hall–Kier alpha value is -1.04. The lowest BCUT2D eigenvalue weighted by Crippen LogP contribution is -2.04. The number of hydrogen-bond donors (Lipinski definition) is 0. The fourth-order valence-electron chi connectivity index (χ4n) is 2.04. The van der Waals surface area contributed by atoms with Gasteiger partial charge in [-0.3, -0.25) is 0 Å². The Morgan fingerprint density at radius 3 is 2.72 bits per heavy atom. The van der Waals surface area contributed by atoms with Crippen LogP contribution in [0.2, 0.25) is 0 Å². The van der Waals surface area contributed by atoms with E-state index in [-0.39, 0.29) is 5.89 Å². The van der Waals surface area contributed by atoms with Gasteiger partial charge in [0.15, 0.2) is 0 Å². The summed E-state index contributed by atoms with van der Waals surface area (Å²) >= 11 is 1.59. The molecule has 0 saturated heterocycles. The van der Waals surface area contributed by atoms with Crippen LogP contribution in [0.1, 0.15) is 56.1 Å². The average Bonchev–Trinajstić information content (AvgIpc) is 2.67. The van der Waals surface area contributed by atoms with Crippen molar-refractivity contribution in [3.8, 4) is 0 Å². The number of thioether (sulfide) groups is 1. The van der Waals surface area contributed by atoms with Crippen molar-refractivity contribution in [2.45, 2.75) is 55.9 Å². The number of hydrogen-bond acceptors (Lipinski definition) is 6. The van der Waals surface area contributed by atoms with Crippen LogP contribution in [0.5, 0.6) is 0 Å². The van der Waals surface area contributed by atoms with E-state index in [4.69, 9.17) is 9.15 Å². The predicted molar refractivity (Wildman–Crippen MR) is 67.6 cm³/mol. The van der Waals surface area contributed by atoms with E-state index in [1.165, 1.54) is 38.5 Å². The van der Waals surface area contributed by atoms with Crippen molar-refractivity contribution in [1.29, 1.82) is 0 Å². The molecule has 1 aliphatic carbocycles. The summed E-state index contributed by atoms with van der Waals surface area (Å²) in [5, 5.41) is 8.61. The van der Waals surface area contributed by atoms with Gasteiger partial charge in [-0.2, -0.15) is 0 Å². The number of carbonyl (C=O) groups excluding carboxylic acids is 1. The van der Waals surface area contributed by atoms with Crippen molar-refractivity contribution < 1.29 is 13.9 Å². The maximum absolute atomic E-state index is 11.4. The van der Waals surface area contributed by atoms with Gasteiger partial charge in [0.2, 0.25) is 0 Å². The Morgan fingerprint density at radius 2 is 2.06 bits per heavy atom. The van der Waals surface area contributed by atoms with Gasteiger partial charge in [0.05, 0.1) is 6.61 Å². The number of carbonyl (C=O) groups is 1. The van der Waals surface area contributed by atoms with E-state index in [9.17, 15) is 4.79 Å². The van der Waals surface area contributed by atoms with Gasteiger partial charge in [-0.05, 0) is 19.8 Å². The molecular weight excluding hydrogens is 252 g/mol. The van der Waals surface area contributed by atoms with E-state index in [1.807, 2.05) is 0 Å². The zero-order valence-corrected chi connectivity index (χ0v) is 11.4. The minimum absolute atomic E-state index is 0.0482. The Balaban J connectivity index is 1.91. The van der Waals surface area contributed by atoms with Crippen molar-refractivity contribution in [3.05, 3.63) is 5.89 Å². The summed E-state index contributed by atoms with van der Waals surface area (Å²) in [6, 6.07) is 0. The Morgan fingerprint density at radius 1 is 1.33 bits per heavy atom. The van der Waals surface area contributed by atoms with Gasteiger partial charge < -0.3 is 9.15 Å². The van der Waals surface area contributed by atoms with Crippen LogP contribution in [0.3, 0.4) is 0 Å². The van der Waals surface area contributed by atoms with Gasteiger partial charge in [-0.1, -0.05) is 42.5 Å². The number of rotatable bonds is 4. The first kappa shape index (κ1) is 13.4. The molecule has 1 heterocycles. The van der Waals surface area contributed by atoms with E-state index < -0.39 is 5.97 Å². The third kappa shape index (κ3) is 3.73. The zero-order valence-electron chi connectivity index (χ0n) is 10.6. The second-order valence-electron chi connectivity index (χ2n) is 4.33. The highest BCUT2D eigenvalue weighted by atomic mass is 32.2.